The standard InChI is InChI=1S/C18H30O2/c1-7-8-18(19)12-11-17(10-9-14(2)3)13-20-16(6)15(4)5/h7,15,17H,1-2,6,8-13H2,3-5H3. The third kappa shape index (κ3) is 9.60. The molecular weight excluding hydrogens is 248 g/mol. The molecule has 0 N–H and O–H groups in total. The summed E-state index contributed by atoms with van der Waals surface area (Å²) in [5.41, 5.74) is 1.18. The minimum Gasteiger partial charge on any atom is -0.498 e. The lowest BCUT2D eigenvalue weighted by molar-refractivity contribution is -0.118. The molecule has 0 bridgehead atoms. The van der Waals surface area contributed by atoms with Crippen LogP contribution in [0.25, 0.3) is 0 Å². The Balaban J connectivity index is 4.25. The number of allylic oxidation sites excluding steroid dienone is 3. The smallest absolute Gasteiger partial charge is 0.136 e. The molecule has 114 valence electrons. The van der Waals surface area contributed by atoms with Crippen molar-refractivity contribution < 1.29 is 9.53 Å². The van der Waals surface area contributed by atoms with Crippen molar-refractivity contribution >= 4 is 5.78 Å². The fraction of sp³-hybridized carbons (Fsp3) is 0.611. The molecule has 0 heterocycles. The molecule has 0 aliphatic heterocycles. The van der Waals surface area contributed by atoms with Gasteiger partial charge in [0.05, 0.1) is 12.4 Å². The Morgan fingerprint density at radius 1 is 1.20 bits per heavy atom. The van der Waals surface area contributed by atoms with Crippen LogP contribution in [0, 0.1) is 11.8 Å². The first-order valence-electron chi connectivity index (χ1n) is 7.45. The number of Topliss-reactive ketones (excluding diaryl/α,β-unsaturated/α-hetero) is 1. The normalized spacial score (nSPS) is 12.0. The zero-order valence-corrected chi connectivity index (χ0v) is 13.4. The topological polar surface area (TPSA) is 26.3 Å². The van der Waals surface area contributed by atoms with Gasteiger partial charge in [0.1, 0.15) is 5.78 Å². The highest BCUT2D eigenvalue weighted by molar-refractivity contribution is 5.79. The van der Waals surface area contributed by atoms with Gasteiger partial charge < -0.3 is 4.74 Å². The third-order valence-electron chi connectivity index (χ3n) is 3.33. The average molecular weight is 278 g/mol. The second-order valence-corrected chi connectivity index (χ2v) is 5.86. The third-order valence-corrected chi connectivity index (χ3v) is 3.33. The largest absolute Gasteiger partial charge is 0.498 e. The molecule has 0 aromatic heterocycles. The minimum atomic E-state index is 0.253. The van der Waals surface area contributed by atoms with Crippen molar-refractivity contribution in [1.29, 1.82) is 0 Å². The van der Waals surface area contributed by atoms with Crippen LogP contribution in [0.4, 0.5) is 0 Å². The van der Waals surface area contributed by atoms with E-state index in [1.807, 2.05) is 6.92 Å². The highest BCUT2D eigenvalue weighted by Crippen LogP contribution is 2.20. The van der Waals surface area contributed by atoms with E-state index in [2.05, 4.69) is 33.6 Å². The molecular formula is C18H30O2. The Morgan fingerprint density at radius 2 is 1.80 bits per heavy atom. The number of ether oxygens (including phenoxy) is 1. The fourth-order valence-corrected chi connectivity index (χ4v) is 1.78. The maximum atomic E-state index is 11.6. The Labute approximate surface area is 124 Å². The molecule has 20 heavy (non-hydrogen) atoms. The van der Waals surface area contributed by atoms with Crippen LogP contribution in [0.2, 0.25) is 0 Å². The quantitative estimate of drug-likeness (QED) is 0.368. The van der Waals surface area contributed by atoms with Gasteiger partial charge in [-0.1, -0.05) is 32.1 Å². The number of carbonyl (C=O) groups excluding carboxylic acids is 1. The monoisotopic (exact) mass is 278 g/mol. The van der Waals surface area contributed by atoms with Crippen molar-refractivity contribution in [3.05, 3.63) is 37.1 Å². The van der Waals surface area contributed by atoms with Gasteiger partial charge in [0.2, 0.25) is 0 Å². The van der Waals surface area contributed by atoms with Gasteiger partial charge in [-0.25, -0.2) is 0 Å². The summed E-state index contributed by atoms with van der Waals surface area (Å²) >= 11 is 0. The molecule has 0 radical (unpaired) electrons. The zero-order chi connectivity index (χ0) is 15.5. The fourth-order valence-electron chi connectivity index (χ4n) is 1.78. The number of hydrogen-bond acceptors (Lipinski definition) is 2. The average Bonchev–Trinajstić information content (AvgIpc) is 2.37. The summed E-state index contributed by atoms with van der Waals surface area (Å²) in [6.07, 6.45) is 5.60. The molecule has 0 spiro atoms. The van der Waals surface area contributed by atoms with E-state index in [-0.39, 0.29) is 5.78 Å². The Bertz CT molecular complexity index is 339. The summed E-state index contributed by atoms with van der Waals surface area (Å²) in [5, 5.41) is 0. The lowest BCUT2D eigenvalue weighted by atomic mass is 9.95. The molecule has 0 saturated heterocycles. The SMILES string of the molecule is C=CCC(=O)CCC(CCC(=C)C)COC(=C)C(C)C. The van der Waals surface area contributed by atoms with Gasteiger partial charge in [0.15, 0.2) is 0 Å². The minimum absolute atomic E-state index is 0.253. The molecule has 0 saturated carbocycles. The van der Waals surface area contributed by atoms with Crippen LogP contribution < -0.4 is 0 Å². The van der Waals surface area contributed by atoms with Gasteiger partial charge >= 0.3 is 0 Å². The lowest BCUT2D eigenvalue weighted by Crippen LogP contribution is -2.13. The van der Waals surface area contributed by atoms with Crippen LogP contribution in [0.1, 0.15) is 52.9 Å². The molecule has 0 aromatic rings. The van der Waals surface area contributed by atoms with Crippen molar-refractivity contribution in [3.63, 3.8) is 0 Å². The number of carbonyl (C=O) groups is 1. The van der Waals surface area contributed by atoms with Crippen molar-refractivity contribution in [1.82, 2.24) is 0 Å². The Kier molecular flexibility index (Phi) is 9.79. The predicted octanol–water partition coefficient (Wildman–Crippen LogP) is 5.07. The van der Waals surface area contributed by atoms with Crippen molar-refractivity contribution in [2.45, 2.75) is 52.9 Å². The van der Waals surface area contributed by atoms with Gasteiger partial charge in [-0.2, -0.15) is 0 Å². The molecule has 0 aliphatic rings. The Hall–Kier alpha value is -1.31. The van der Waals surface area contributed by atoms with Gasteiger partial charge in [-0.3, -0.25) is 4.79 Å². The maximum Gasteiger partial charge on any atom is 0.136 e. The lowest BCUT2D eigenvalue weighted by Gasteiger charge is -2.20. The van der Waals surface area contributed by atoms with E-state index >= 15 is 0 Å². The molecule has 1 unspecified atom stereocenters. The first kappa shape index (κ1) is 18.7. The highest BCUT2D eigenvalue weighted by atomic mass is 16.5. The summed E-state index contributed by atoms with van der Waals surface area (Å²) in [7, 11) is 0. The first-order valence-corrected chi connectivity index (χ1v) is 7.45. The van der Waals surface area contributed by atoms with E-state index in [4.69, 9.17) is 4.74 Å². The van der Waals surface area contributed by atoms with Crippen molar-refractivity contribution in [2.24, 2.45) is 11.8 Å². The van der Waals surface area contributed by atoms with Gasteiger partial charge in [-0.05, 0) is 32.1 Å². The predicted molar refractivity (Wildman–Crippen MR) is 86.5 cm³/mol. The first-order chi connectivity index (χ1) is 9.36. The van der Waals surface area contributed by atoms with Crippen molar-refractivity contribution in [2.75, 3.05) is 6.61 Å². The molecule has 0 aliphatic carbocycles. The van der Waals surface area contributed by atoms with Crippen LogP contribution >= 0.6 is 0 Å². The van der Waals surface area contributed by atoms with E-state index in [1.54, 1.807) is 6.08 Å². The zero-order valence-electron chi connectivity index (χ0n) is 13.4. The highest BCUT2D eigenvalue weighted by Gasteiger charge is 2.13. The van der Waals surface area contributed by atoms with Crippen LogP contribution in [0.3, 0.4) is 0 Å². The molecule has 0 rings (SSSR count). The summed E-state index contributed by atoms with van der Waals surface area (Å²) < 4.78 is 5.73. The molecule has 0 amide bonds. The van der Waals surface area contributed by atoms with E-state index in [0.717, 1.165) is 25.0 Å². The number of rotatable bonds is 12. The molecule has 1 atom stereocenters. The van der Waals surface area contributed by atoms with E-state index in [0.29, 0.717) is 31.3 Å². The van der Waals surface area contributed by atoms with E-state index < -0.39 is 0 Å². The molecule has 0 aromatic carbocycles. The van der Waals surface area contributed by atoms with Gasteiger partial charge in [0.25, 0.3) is 0 Å². The molecule has 0 fully saturated rings. The summed E-state index contributed by atoms with van der Waals surface area (Å²) in [6.45, 7) is 18.3. The van der Waals surface area contributed by atoms with E-state index in [9.17, 15) is 4.79 Å². The Morgan fingerprint density at radius 3 is 2.30 bits per heavy atom. The second-order valence-electron chi connectivity index (χ2n) is 5.86. The second kappa shape index (κ2) is 10.5. The molecule has 2 heteroatoms. The van der Waals surface area contributed by atoms with Gasteiger partial charge in [0, 0.05) is 18.8 Å². The maximum absolute atomic E-state index is 11.6. The summed E-state index contributed by atoms with van der Waals surface area (Å²) in [6, 6.07) is 0. The number of hydrogen-bond donors (Lipinski definition) is 0. The molecule has 2 nitrogen and oxygen atoms in total. The number of ketones is 1. The van der Waals surface area contributed by atoms with Crippen molar-refractivity contribution in [3.8, 4) is 0 Å². The van der Waals surface area contributed by atoms with Gasteiger partial charge in [-0.15, -0.1) is 13.2 Å². The van der Waals surface area contributed by atoms with Crippen LogP contribution in [0.5, 0.6) is 0 Å². The van der Waals surface area contributed by atoms with Crippen LogP contribution in [0.15, 0.2) is 37.1 Å². The van der Waals surface area contributed by atoms with E-state index in [1.165, 1.54) is 5.57 Å². The summed E-state index contributed by atoms with van der Waals surface area (Å²) in [5.74, 6) is 1.79. The van der Waals surface area contributed by atoms with Crippen LogP contribution in [-0.4, -0.2) is 12.4 Å². The van der Waals surface area contributed by atoms with Crippen LogP contribution in [-0.2, 0) is 9.53 Å². The summed E-state index contributed by atoms with van der Waals surface area (Å²) in [4.78, 5) is 11.6.